The molecule has 1 aromatic rings. The molecule has 126 valence electrons. The monoisotopic (exact) mass is 316 g/mol. The van der Waals surface area contributed by atoms with Crippen LogP contribution >= 0.6 is 0 Å². The molecule has 0 atom stereocenters. The lowest BCUT2D eigenvalue weighted by molar-refractivity contribution is -0.132. The molecule has 1 saturated heterocycles. The Bertz CT molecular complexity index is 526. The molecule has 2 rings (SSSR count). The van der Waals surface area contributed by atoms with Crippen molar-refractivity contribution in [1.82, 2.24) is 10.2 Å². The van der Waals surface area contributed by atoms with Crippen molar-refractivity contribution >= 4 is 11.8 Å². The Labute approximate surface area is 139 Å². The summed E-state index contributed by atoms with van der Waals surface area (Å²) in [5, 5.41) is 2.84. The summed E-state index contributed by atoms with van der Waals surface area (Å²) in [6, 6.07) is 10.5. The van der Waals surface area contributed by atoms with Gasteiger partial charge < -0.3 is 10.2 Å². The third-order valence-corrected chi connectivity index (χ3v) is 4.42. The Kier molecular flexibility index (Phi) is 5.80. The van der Waals surface area contributed by atoms with Gasteiger partial charge in [0.1, 0.15) is 0 Å². The Hall–Kier alpha value is -1.84. The van der Waals surface area contributed by atoms with Gasteiger partial charge in [0.15, 0.2) is 0 Å². The molecule has 4 heteroatoms. The van der Waals surface area contributed by atoms with E-state index >= 15 is 0 Å². The molecule has 2 amide bonds. The maximum atomic E-state index is 12.2. The Morgan fingerprint density at radius 2 is 1.74 bits per heavy atom. The van der Waals surface area contributed by atoms with Gasteiger partial charge in [-0.15, -0.1) is 0 Å². The summed E-state index contributed by atoms with van der Waals surface area (Å²) in [7, 11) is 0. The van der Waals surface area contributed by atoms with Crippen molar-refractivity contribution < 1.29 is 9.59 Å². The van der Waals surface area contributed by atoms with E-state index in [1.165, 1.54) is 5.56 Å². The Morgan fingerprint density at radius 1 is 1.13 bits per heavy atom. The van der Waals surface area contributed by atoms with E-state index in [2.05, 4.69) is 29.6 Å². The molecule has 0 radical (unpaired) electrons. The van der Waals surface area contributed by atoms with Crippen molar-refractivity contribution in [1.29, 1.82) is 0 Å². The first-order chi connectivity index (χ1) is 10.9. The molecular formula is C19H28N2O2. The molecule has 1 aromatic carbocycles. The maximum Gasteiger partial charge on any atom is 0.225 e. The molecule has 0 spiro atoms. The normalized spacial score (nSPS) is 16.2. The fourth-order valence-electron chi connectivity index (χ4n) is 2.89. The second kappa shape index (κ2) is 7.62. The van der Waals surface area contributed by atoms with Gasteiger partial charge in [0.2, 0.25) is 11.8 Å². The van der Waals surface area contributed by atoms with E-state index in [1.807, 2.05) is 31.7 Å². The molecule has 1 heterocycles. The van der Waals surface area contributed by atoms with Crippen molar-refractivity contribution in [2.24, 2.45) is 5.41 Å². The molecule has 0 saturated carbocycles. The van der Waals surface area contributed by atoms with E-state index in [4.69, 9.17) is 0 Å². The predicted molar refractivity (Wildman–Crippen MR) is 92.1 cm³/mol. The van der Waals surface area contributed by atoms with E-state index < -0.39 is 5.41 Å². The summed E-state index contributed by atoms with van der Waals surface area (Å²) in [6.45, 7) is 7.67. The number of hydrogen-bond acceptors (Lipinski definition) is 2. The molecular weight excluding hydrogens is 288 g/mol. The summed E-state index contributed by atoms with van der Waals surface area (Å²) < 4.78 is 0. The number of nitrogens with one attached hydrogen (secondary N) is 1. The van der Waals surface area contributed by atoms with Crippen LogP contribution in [0.5, 0.6) is 0 Å². The molecule has 1 aliphatic heterocycles. The standard InChI is InChI=1S/C19H28N2O2/c1-19(2,3)18(23)20-12-9-17(22)21-13-10-16(11-14-21)15-7-5-4-6-8-15/h4-8,16H,9-14H2,1-3H3,(H,20,23). The number of carbonyl (C=O) groups excluding carboxylic acids is 2. The van der Waals surface area contributed by atoms with Gasteiger partial charge in [0.25, 0.3) is 0 Å². The minimum atomic E-state index is -0.406. The average Bonchev–Trinajstić information content (AvgIpc) is 2.54. The van der Waals surface area contributed by atoms with Crippen LogP contribution < -0.4 is 5.32 Å². The Balaban J connectivity index is 1.73. The van der Waals surface area contributed by atoms with Crippen molar-refractivity contribution in [2.45, 2.75) is 46.0 Å². The van der Waals surface area contributed by atoms with E-state index in [1.54, 1.807) is 0 Å². The first-order valence-corrected chi connectivity index (χ1v) is 8.49. The first kappa shape index (κ1) is 17.5. The number of nitrogens with zero attached hydrogens (tertiary/aromatic N) is 1. The zero-order valence-electron chi connectivity index (χ0n) is 14.5. The van der Waals surface area contributed by atoms with Gasteiger partial charge in [-0.1, -0.05) is 51.1 Å². The van der Waals surface area contributed by atoms with E-state index in [9.17, 15) is 9.59 Å². The highest BCUT2D eigenvalue weighted by Crippen LogP contribution is 2.27. The fraction of sp³-hybridized carbons (Fsp3) is 0.579. The van der Waals surface area contributed by atoms with Crippen LogP contribution in [0, 0.1) is 5.41 Å². The molecule has 4 nitrogen and oxygen atoms in total. The summed E-state index contributed by atoms with van der Waals surface area (Å²) in [5.41, 5.74) is 0.967. The van der Waals surface area contributed by atoms with Crippen molar-refractivity contribution in [3.05, 3.63) is 35.9 Å². The molecule has 0 aromatic heterocycles. The number of carbonyl (C=O) groups is 2. The maximum absolute atomic E-state index is 12.2. The second-order valence-electron chi connectivity index (χ2n) is 7.32. The SMILES string of the molecule is CC(C)(C)C(=O)NCCC(=O)N1CCC(c2ccccc2)CC1. The van der Waals surface area contributed by atoms with E-state index in [-0.39, 0.29) is 11.8 Å². The highest BCUT2D eigenvalue weighted by atomic mass is 16.2. The minimum Gasteiger partial charge on any atom is -0.355 e. The van der Waals surface area contributed by atoms with Crippen LogP contribution in [-0.2, 0) is 9.59 Å². The smallest absolute Gasteiger partial charge is 0.225 e. The van der Waals surface area contributed by atoms with Gasteiger partial charge in [-0.3, -0.25) is 9.59 Å². The van der Waals surface area contributed by atoms with E-state index in [0.717, 1.165) is 25.9 Å². The largest absolute Gasteiger partial charge is 0.355 e. The van der Waals surface area contributed by atoms with Crippen LogP contribution in [-0.4, -0.2) is 36.3 Å². The van der Waals surface area contributed by atoms with Crippen LogP contribution in [0.1, 0.15) is 51.5 Å². The van der Waals surface area contributed by atoms with Crippen LogP contribution in [0.2, 0.25) is 0 Å². The van der Waals surface area contributed by atoms with E-state index in [0.29, 0.717) is 18.9 Å². The van der Waals surface area contributed by atoms with Crippen molar-refractivity contribution in [3.63, 3.8) is 0 Å². The number of likely N-dealkylation sites (tertiary alicyclic amines) is 1. The van der Waals surface area contributed by atoms with Crippen LogP contribution in [0.25, 0.3) is 0 Å². The number of amides is 2. The molecule has 0 aliphatic carbocycles. The summed E-state index contributed by atoms with van der Waals surface area (Å²) in [6.07, 6.45) is 2.42. The number of rotatable bonds is 4. The Morgan fingerprint density at radius 3 is 2.30 bits per heavy atom. The third kappa shape index (κ3) is 5.08. The lowest BCUT2D eigenvalue weighted by Crippen LogP contribution is -2.41. The number of piperidine rings is 1. The second-order valence-corrected chi connectivity index (χ2v) is 7.32. The van der Waals surface area contributed by atoms with Crippen molar-refractivity contribution in [2.75, 3.05) is 19.6 Å². The average molecular weight is 316 g/mol. The number of benzene rings is 1. The van der Waals surface area contributed by atoms with Gasteiger partial charge in [0.05, 0.1) is 0 Å². The molecule has 0 bridgehead atoms. The van der Waals surface area contributed by atoms with Crippen molar-refractivity contribution in [3.8, 4) is 0 Å². The third-order valence-electron chi connectivity index (χ3n) is 4.42. The molecule has 1 fully saturated rings. The minimum absolute atomic E-state index is 0.00640. The number of hydrogen-bond donors (Lipinski definition) is 1. The van der Waals surface area contributed by atoms with Crippen LogP contribution in [0.15, 0.2) is 30.3 Å². The molecule has 1 N–H and O–H groups in total. The van der Waals surface area contributed by atoms with Crippen LogP contribution in [0.4, 0.5) is 0 Å². The van der Waals surface area contributed by atoms with Gasteiger partial charge in [-0.05, 0) is 24.3 Å². The molecule has 1 aliphatic rings. The summed E-state index contributed by atoms with van der Waals surface area (Å²) in [4.78, 5) is 26.0. The lowest BCUT2D eigenvalue weighted by atomic mass is 9.89. The fourth-order valence-corrected chi connectivity index (χ4v) is 2.89. The van der Waals surface area contributed by atoms with Gasteiger partial charge in [-0.2, -0.15) is 0 Å². The topological polar surface area (TPSA) is 49.4 Å². The first-order valence-electron chi connectivity index (χ1n) is 8.49. The lowest BCUT2D eigenvalue weighted by Gasteiger charge is -2.32. The van der Waals surface area contributed by atoms with Gasteiger partial charge >= 0.3 is 0 Å². The highest BCUT2D eigenvalue weighted by Gasteiger charge is 2.24. The zero-order chi connectivity index (χ0) is 16.9. The summed E-state index contributed by atoms with van der Waals surface area (Å²) >= 11 is 0. The summed E-state index contributed by atoms with van der Waals surface area (Å²) in [5.74, 6) is 0.694. The molecule has 0 unspecified atom stereocenters. The van der Waals surface area contributed by atoms with Gasteiger partial charge in [0, 0.05) is 31.5 Å². The highest BCUT2D eigenvalue weighted by molar-refractivity contribution is 5.82. The zero-order valence-corrected chi connectivity index (χ0v) is 14.5. The van der Waals surface area contributed by atoms with Crippen LogP contribution in [0.3, 0.4) is 0 Å². The quantitative estimate of drug-likeness (QED) is 0.928. The van der Waals surface area contributed by atoms with Gasteiger partial charge in [-0.25, -0.2) is 0 Å². The molecule has 23 heavy (non-hydrogen) atoms. The predicted octanol–water partition coefficient (Wildman–Crippen LogP) is 2.95.